The van der Waals surface area contributed by atoms with Crippen molar-refractivity contribution in [2.45, 2.75) is 37.9 Å². The Balaban J connectivity index is 1.73. The third kappa shape index (κ3) is 2.42. The van der Waals surface area contributed by atoms with Crippen molar-refractivity contribution in [3.8, 4) is 0 Å². The molecule has 0 aromatic carbocycles. The molecule has 0 spiro atoms. The minimum absolute atomic E-state index is 0.0978. The number of hydrogen-bond acceptors (Lipinski definition) is 3. The van der Waals surface area contributed by atoms with Gasteiger partial charge in [-0.1, -0.05) is 0 Å². The quantitative estimate of drug-likeness (QED) is 0.713. The normalized spacial score (nSPS) is 36.7. The third-order valence-corrected chi connectivity index (χ3v) is 2.99. The van der Waals surface area contributed by atoms with E-state index in [1.165, 1.54) is 0 Å². The zero-order chi connectivity index (χ0) is 9.10. The molecular weight excluding hydrogens is 168 g/mol. The summed E-state index contributed by atoms with van der Waals surface area (Å²) in [5.74, 6) is 0.555. The molecular formula is C10H18O3. The van der Waals surface area contributed by atoms with E-state index < -0.39 is 0 Å². The Morgan fingerprint density at radius 2 is 2.23 bits per heavy atom. The molecule has 0 aromatic rings. The second-order valence-corrected chi connectivity index (χ2v) is 4.08. The predicted octanol–water partition coefficient (Wildman–Crippen LogP) is 0.953. The molecule has 2 saturated heterocycles. The minimum atomic E-state index is -0.269. The number of aliphatic hydroxyl groups is 1. The van der Waals surface area contributed by atoms with Gasteiger partial charge in [0, 0.05) is 19.8 Å². The van der Waals surface area contributed by atoms with Crippen LogP contribution in [0.15, 0.2) is 0 Å². The van der Waals surface area contributed by atoms with Crippen LogP contribution in [0.3, 0.4) is 0 Å². The molecule has 3 nitrogen and oxygen atoms in total. The molecule has 2 rings (SSSR count). The summed E-state index contributed by atoms with van der Waals surface area (Å²) in [4.78, 5) is 0. The van der Waals surface area contributed by atoms with Crippen LogP contribution in [0, 0.1) is 5.92 Å². The van der Waals surface area contributed by atoms with E-state index in [9.17, 15) is 5.11 Å². The highest BCUT2D eigenvalue weighted by atomic mass is 16.5. The molecule has 2 aliphatic heterocycles. The van der Waals surface area contributed by atoms with Gasteiger partial charge in [0.25, 0.3) is 0 Å². The molecule has 3 unspecified atom stereocenters. The maximum absolute atomic E-state index is 9.83. The standard InChI is InChI=1S/C10H18O3/c11-9(10-2-1-4-13-10)6-8-3-5-12-7-8/h8-11H,1-7H2. The van der Waals surface area contributed by atoms with Gasteiger partial charge in [-0.3, -0.25) is 0 Å². The molecule has 76 valence electrons. The average Bonchev–Trinajstić information content (AvgIpc) is 2.74. The van der Waals surface area contributed by atoms with Crippen molar-refractivity contribution in [2.75, 3.05) is 19.8 Å². The van der Waals surface area contributed by atoms with Gasteiger partial charge in [0.05, 0.1) is 12.2 Å². The summed E-state index contributed by atoms with van der Waals surface area (Å²) in [5, 5.41) is 9.83. The maximum atomic E-state index is 9.83. The summed E-state index contributed by atoms with van der Waals surface area (Å²) in [6, 6.07) is 0. The fourth-order valence-electron chi connectivity index (χ4n) is 2.17. The van der Waals surface area contributed by atoms with Crippen molar-refractivity contribution < 1.29 is 14.6 Å². The van der Waals surface area contributed by atoms with Crippen LogP contribution in [-0.4, -0.2) is 37.1 Å². The highest BCUT2D eigenvalue weighted by Crippen LogP contribution is 2.24. The summed E-state index contributed by atoms with van der Waals surface area (Å²) < 4.78 is 10.7. The lowest BCUT2D eigenvalue weighted by molar-refractivity contribution is -0.0136. The Labute approximate surface area is 79.0 Å². The number of aliphatic hydroxyl groups excluding tert-OH is 1. The summed E-state index contributed by atoms with van der Waals surface area (Å²) in [5.41, 5.74) is 0. The molecule has 0 amide bonds. The molecule has 0 aromatic heterocycles. The van der Waals surface area contributed by atoms with Crippen molar-refractivity contribution >= 4 is 0 Å². The van der Waals surface area contributed by atoms with Gasteiger partial charge < -0.3 is 14.6 Å². The highest BCUT2D eigenvalue weighted by Gasteiger charge is 2.27. The van der Waals surface area contributed by atoms with Crippen LogP contribution in [0.25, 0.3) is 0 Å². The Kier molecular flexibility index (Phi) is 3.19. The molecule has 13 heavy (non-hydrogen) atoms. The summed E-state index contributed by atoms with van der Waals surface area (Å²) in [7, 11) is 0. The van der Waals surface area contributed by atoms with Crippen molar-refractivity contribution in [3.05, 3.63) is 0 Å². The van der Waals surface area contributed by atoms with E-state index in [0.29, 0.717) is 5.92 Å². The van der Waals surface area contributed by atoms with Gasteiger partial charge in [0.2, 0.25) is 0 Å². The first-order valence-electron chi connectivity index (χ1n) is 5.23. The summed E-state index contributed by atoms with van der Waals surface area (Å²) in [6.07, 6.45) is 3.90. The van der Waals surface area contributed by atoms with Gasteiger partial charge >= 0.3 is 0 Å². The minimum Gasteiger partial charge on any atom is -0.390 e. The third-order valence-electron chi connectivity index (χ3n) is 2.99. The highest BCUT2D eigenvalue weighted by molar-refractivity contribution is 4.77. The van der Waals surface area contributed by atoms with Crippen LogP contribution in [-0.2, 0) is 9.47 Å². The van der Waals surface area contributed by atoms with Crippen molar-refractivity contribution in [3.63, 3.8) is 0 Å². The van der Waals surface area contributed by atoms with Crippen LogP contribution >= 0.6 is 0 Å². The summed E-state index contributed by atoms with van der Waals surface area (Å²) >= 11 is 0. The van der Waals surface area contributed by atoms with Crippen LogP contribution in [0.2, 0.25) is 0 Å². The fourth-order valence-corrected chi connectivity index (χ4v) is 2.17. The Hall–Kier alpha value is -0.120. The first-order valence-corrected chi connectivity index (χ1v) is 5.23. The van der Waals surface area contributed by atoms with E-state index in [4.69, 9.17) is 9.47 Å². The fraction of sp³-hybridized carbons (Fsp3) is 1.00. The van der Waals surface area contributed by atoms with Crippen molar-refractivity contribution in [1.29, 1.82) is 0 Å². The van der Waals surface area contributed by atoms with Gasteiger partial charge in [-0.2, -0.15) is 0 Å². The molecule has 2 aliphatic rings. The molecule has 2 fully saturated rings. The zero-order valence-corrected chi connectivity index (χ0v) is 7.95. The molecule has 1 N–H and O–H groups in total. The van der Waals surface area contributed by atoms with Crippen molar-refractivity contribution in [2.24, 2.45) is 5.92 Å². The zero-order valence-electron chi connectivity index (χ0n) is 7.95. The smallest absolute Gasteiger partial charge is 0.0834 e. The van der Waals surface area contributed by atoms with E-state index in [2.05, 4.69) is 0 Å². The number of ether oxygens (including phenoxy) is 2. The molecule has 2 heterocycles. The molecule has 3 heteroatoms. The van der Waals surface area contributed by atoms with E-state index in [1.807, 2.05) is 0 Å². The van der Waals surface area contributed by atoms with Crippen LogP contribution < -0.4 is 0 Å². The lowest BCUT2D eigenvalue weighted by Crippen LogP contribution is -2.27. The molecule has 0 radical (unpaired) electrons. The molecule has 3 atom stereocenters. The van der Waals surface area contributed by atoms with Crippen LogP contribution in [0.4, 0.5) is 0 Å². The van der Waals surface area contributed by atoms with E-state index in [-0.39, 0.29) is 12.2 Å². The second kappa shape index (κ2) is 4.40. The van der Waals surface area contributed by atoms with E-state index in [0.717, 1.165) is 45.5 Å². The van der Waals surface area contributed by atoms with Gasteiger partial charge in [-0.05, 0) is 31.6 Å². The van der Waals surface area contributed by atoms with Gasteiger partial charge in [0.1, 0.15) is 0 Å². The number of hydrogen-bond donors (Lipinski definition) is 1. The average molecular weight is 186 g/mol. The Morgan fingerprint density at radius 3 is 2.85 bits per heavy atom. The molecule has 0 saturated carbocycles. The SMILES string of the molecule is OC(CC1CCOC1)C1CCCO1. The van der Waals surface area contributed by atoms with Crippen molar-refractivity contribution in [1.82, 2.24) is 0 Å². The van der Waals surface area contributed by atoms with Gasteiger partial charge in [0.15, 0.2) is 0 Å². The predicted molar refractivity (Wildman–Crippen MR) is 48.5 cm³/mol. The number of rotatable bonds is 3. The van der Waals surface area contributed by atoms with E-state index >= 15 is 0 Å². The van der Waals surface area contributed by atoms with Crippen LogP contribution in [0.1, 0.15) is 25.7 Å². The molecule has 0 bridgehead atoms. The van der Waals surface area contributed by atoms with Gasteiger partial charge in [-0.15, -0.1) is 0 Å². The topological polar surface area (TPSA) is 38.7 Å². The maximum Gasteiger partial charge on any atom is 0.0834 e. The molecule has 0 aliphatic carbocycles. The van der Waals surface area contributed by atoms with Crippen LogP contribution in [0.5, 0.6) is 0 Å². The Morgan fingerprint density at radius 1 is 1.31 bits per heavy atom. The van der Waals surface area contributed by atoms with E-state index in [1.54, 1.807) is 0 Å². The first-order chi connectivity index (χ1) is 6.36. The van der Waals surface area contributed by atoms with Gasteiger partial charge in [-0.25, -0.2) is 0 Å². The first kappa shape index (κ1) is 9.44. The summed E-state index contributed by atoms with van der Waals surface area (Å²) in [6.45, 7) is 2.51. The largest absolute Gasteiger partial charge is 0.390 e. The monoisotopic (exact) mass is 186 g/mol. The second-order valence-electron chi connectivity index (χ2n) is 4.08. The Bertz CT molecular complexity index is 148. The lowest BCUT2D eigenvalue weighted by Gasteiger charge is -2.19. The lowest BCUT2D eigenvalue weighted by atomic mass is 9.97.